The zero-order chi connectivity index (χ0) is 20.1. The Morgan fingerprint density at radius 1 is 1.07 bits per heavy atom. The molecule has 2 heterocycles. The van der Waals surface area contributed by atoms with Crippen LogP contribution in [0.15, 0.2) is 52.3 Å². The van der Waals surface area contributed by atoms with Gasteiger partial charge in [0.25, 0.3) is 5.56 Å². The number of benzene rings is 1. The molecule has 3 rings (SSSR count). The zero-order valence-electron chi connectivity index (χ0n) is 15.3. The van der Waals surface area contributed by atoms with E-state index in [9.17, 15) is 22.4 Å². The van der Waals surface area contributed by atoms with Crippen molar-refractivity contribution in [1.82, 2.24) is 8.87 Å². The fraction of sp³-hybridized carbons (Fsp3) is 0.368. The Kier molecular flexibility index (Phi) is 6.25. The van der Waals surface area contributed by atoms with Gasteiger partial charge in [0.15, 0.2) is 0 Å². The zero-order valence-corrected chi connectivity index (χ0v) is 16.1. The quantitative estimate of drug-likeness (QED) is 0.823. The average Bonchev–Trinajstić information content (AvgIpc) is 2.93. The van der Waals surface area contributed by atoms with E-state index in [0.717, 1.165) is 42.4 Å². The van der Waals surface area contributed by atoms with Gasteiger partial charge < -0.3 is 9.88 Å². The van der Waals surface area contributed by atoms with Gasteiger partial charge in [-0.05, 0) is 37.1 Å². The lowest BCUT2D eigenvalue weighted by molar-refractivity contribution is -0.116. The van der Waals surface area contributed by atoms with Gasteiger partial charge in [0.05, 0.1) is 4.90 Å². The molecule has 0 aliphatic carbocycles. The lowest BCUT2D eigenvalue weighted by atomic mass is 10.2. The van der Waals surface area contributed by atoms with Crippen molar-refractivity contribution in [1.29, 1.82) is 0 Å². The predicted molar refractivity (Wildman–Crippen MR) is 103 cm³/mol. The van der Waals surface area contributed by atoms with Crippen molar-refractivity contribution in [2.75, 3.05) is 18.4 Å². The van der Waals surface area contributed by atoms with Crippen LogP contribution in [0.2, 0.25) is 0 Å². The van der Waals surface area contributed by atoms with Gasteiger partial charge in [0, 0.05) is 31.0 Å². The minimum atomic E-state index is -3.73. The second-order valence-corrected chi connectivity index (χ2v) is 8.65. The number of anilines is 1. The van der Waals surface area contributed by atoms with Crippen LogP contribution in [0, 0.1) is 5.82 Å². The number of nitrogens with one attached hydrogen (secondary N) is 1. The van der Waals surface area contributed by atoms with E-state index < -0.39 is 27.3 Å². The summed E-state index contributed by atoms with van der Waals surface area (Å²) in [5, 5.41) is 2.49. The molecule has 0 radical (unpaired) electrons. The number of pyridine rings is 1. The van der Waals surface area contributed by atoms with Crippen LogP contribution in [0.25, 0.3) is 0 Å². The number of halogens is 1. The number of amides is 1. The summed E-state index contributed by atoms with van der Waals surface area (Å²) < 4.78 is 41.5. The summed E-state index contributed by atoms with van der Waals surface area (Å²) in [6.45, 7) is 0.516. The first kappa shape index (κ1) is 20.2. The largest absolute Gasteiger partial charge is 0.324 e. The Balaban J connectivity index is 1.79. The topological polar surface area (TPSA) is 88.5 Å². The van der Waals surface area contributed by atoms with Crippen molar-refractivity contribution in [3.63, 3.8) is 0 Å². The Bertz CT molecular complexity index is 1010. The maximum atomic E-state index is 13.2. The van der Waals surface area contributed by atoms with E-state index in [1.807, 2.05) is 0 Å². The molecule has 1 aromatic carbocycles. The van der Waals surface area contributed by atoms with Crippen LogP contribution < -0.4 is 10.9 Å². The smallest absolute Gasteiger partial charge is 0.251 e. The fourth-order valence-electron chi connectivity index (χ4n) is 3.14. The van der Waals surface area contributed by atoms with Crippen LogP contribution in [0.1, 0.15) is 25.7 Å². The minimum absolute atomic E-state index is 0.0208. The molecule has 150 valence electrons. The van der Waals surface area contributed by atoms with E-state index in [4.69, 9.17) is 0 Å². The van der Waals surface area contributed by atoms with Crippen LogP contribution in [0.5, 0.6) is 0 Å². The van der Waals surface area contributed by atoms with Crippen molar-refractivity contribution < 1.29 is 17.6 Å². The predicted octanol–water partition coefficient (Wildman–Crippen LogP) is 2.19. The molecule has 2 aromatic rings. The van der Waals surface area contributed by atoms with Crippen molar-refractivity contribution in [2.24, 2.45) is 0 Å². The van der Waals surface area contributed by atoms with E-state index in [2.05, 4.69) is 5.32 Å². The second kappa shape index (κ2) is 8.66. The third kappa shape index (κ3) is 4.85. The summed E-state index contributed by atoms with van der Waals surface area (Å²) in [5.41, 5.74) is -0.240. The lowest BCUT2D eigenvalue weighted by Crippen LogP contribution is -2.33. The Morgan fingerprint density at radius 2 is 1.79 bits per heavy atom. The van der Waals surface area contributed by atoms with Crippen molar-refractivity contribution in [3.8, 4) is 0 Å². The van der Waals surface area contributed by atoms with Crippen LogP contribution in [-0.4, -0.2) is 36.3 Å². The van der Waals surface area contributed by atoms with Gasteiger partial charge in [0.2, 0.25) is 15.9 Å². The normalized spacial score (nSPS) is 15.8. The fourth-order valence-corrected chi connectivity index (χ4v) is 4.68. The van der Waals surface area contributed by atoms with Gasteiger partial charge >= 0.3 is 0 Å². The second-order valence-electron chi connectivity index (χ2n) is 6.71. The van der Waals surface area contributed by atoms with Gasteiger partial charge in [-0.25, -0.2) is 12.8 Å². The number of rotatable bonds is 5. The van der Waals surface area contributed by atoms with Gasteiger partial charge in [0.1, 0.15) is 12.4 Å². The van der Waals surface area contributed by atoms with E-state index in [1.165, 1.54) is 34.8 Å². The van der Waals surface area contributed by atoms with E-state index in [-0.39, 0.29) is 17.1 Å². The summed E-state index contributed by atoms with van der Waals surface area (Å²) in [4.78, 5) is 24.3. The molecule has 1 fully saturated rings. The van der Waals surface area contributed by atoms with E-state index >= 15 is 0 Å². The molecule has 1 aliphatic rings. The summed E-state index contributed by atoms with van der Waals surface area (Å²) in [6.07, 6.45) is 4.77. The van der Waals surface area contributed by atoms with Crippen LogP contribution in [0.4, 0.5) is 10.1 Å². The molecule has 7 nitrogen and oxygen atoms in total. The summed E-state index contributed by atoms with van der Waals surface area (Å²) in [5.74, 6) is -1.06. The molecule has 0 spiro atoms. The highest BCUT2D eigenvalue weighted by molar-refractivity contribution is 7.89. The molecule has 0 unspecified atom stereocenters. The molecule has 9 heteroatoms. The first-order chi connectivity index (χ1) is 13.4. The highest BCUT2D eigenvalue weighted by atomic mass is 32.2. The summed E-state index contributed by atoms with van der Waals surface area (Å²) in [7, 11) is -3.73. The van der Waals surface area contributed by atoms with E-state index in [0.29, 0.717) is 13.1 Å². The SMILES string of the molecule is O=C(Cn1cc(S(=O)(=O)N2CCCCCC2)ccc1=O)Nc1cccc(F)c1. The van der Waals surface area contributed by atoms with Gasteiger partial charge in [-0.1, -0.05) is 18.9 Å². The maximum absolute atomic E-state index is 13.2. The van der Waals surface area contributed by atoms with Crippen molar-refractivity contribution in [2.45, 2.75) is 37.1 Å². The lowest BCUT2D eigenvalue weighted by Gasteiger charge is -2.20. The number of carbonyl (C=O) groups is 1. The number of hydrogen-bond donors (Lipinski definition) is 1. The molecule has 1 saturated heterocycles. The van der Waals surface area contributed by atoms with Crippen LogP contribution in [-0.2, 0) is 21.4 Å². The molecule has 1 amide bonds. The molecular formula is C19H22FN3O4S. The van der Waals surface area contributed by atoms with Crippen molar-refractivity contribution in [3.05, 3.63) is 58.8 Å². The number of hydrogen-bond acceptors (Lipinski definition) is 4. The monoisotopic (exact) mass is 407 g/mol. The highest BCUT2D eigenvalue weighted by Crippen LogP contribution is 2.19. The standard InChI is InChI=1S/C19H22FN3O4S/c20-15-6-5-7-16(12-15)21-18(24)14-22-13-17(8-9-19(22)25)28(26,27)23-10-3-1-2-4-11-23/h5-9,12-13H,1-4,10-11,14H2,(H,21,24). The molecular weight excluding hydrogens is 385 g/mol. The summed E-state index contributed by atoms with van der Waals surface area (Å²) >= 11 is 0. The number of nitrogens with zero attached hydrogens (tertiary/aromatic N) is 2. The molecule has 0 atom stereocenters. The number of carbonyl (C=O) groups excluding carboxylic acids is 1. The van der Waals surface area contributed by atoms with Crippen LogP contribution >= 0.6 is 0 Å². The Hall–Kier alpha value is -2.52. The Morgan fingerprint density at radius 3 is 2.46 bits per heavy atom. The highest BCUT2D eigenvalue weighted by Gasteiger charge is 2.25. The van der Waals surface area contributed by atoms with Gasteiger partial charge in [-0.15, -0.1) is 0 Å². The van der Waals surface area contributed by atoms with Crippen molar-refractivity contribution >= 4 is 21.6 Å². The van der Waals surface area contributed by atoms with Gasteiger partial charge in [-0.2, -0.15) is 4.31 Å². The average molecular weight is 407 g/mol. The van der Waals surface area contributed by atoms with Crippen LogP contribution in [0.3, 0.4) is 0 Å². The first-order valence-electron chi connectivity index (χ1n) is 9.12. The molecule has 1 N–H and O–H groups in total. The molecule has 0 bridgehead atoms. The third-order valence-corrected chi connectivity index (χ3v) is 6.46. The molecule has 1 aliphatic heterocycles. The summed E-state index contributed by atoms with van der Waals surface area (Å²) in [6, 6.07) is 7.78. The maximum Gasteiger partial charge on any atom is 0.251 e. The number of sulfonamides is 1. The van der Waals surface area contributed by atoms with E-state index in [1.54, 1.807) is 0 Å². The third-order valence-electron chi connectivity index (χ3n) is 4.58. The minimum Gasteiger partial charge on any atom is -0.324 e. The van der Waals surface area contributed by atoms with Gasteiger partial charge in [-0.3, -0.25) is 9.59 Å². The molecule has 0 saturated carbocycles. The molecule has 1 aromatic heterocycles. The number of aromatic nitrogens is 1. The Labute approximate surface area is 162 Å². The first-order valence-corrected chi connectivity index (χ1v) is 10.6. The molecule has 28 heavy (non-hydrogen) atoms.